The maximum absolute atomic E-state index is 10.7. The normalized spacial score (nSPS) is 18.8. The minimum Gasteiger partial charge on any atom is -0.504 e. The predicted molar refractivity (Wildman–Crippen MR) is 94.8 cm³/mol. The van der Waals surface area contributed by atoms with Gasteiger partial charge in [0.05, 0.1) is 40.4 Å². The Morgan fingerprint density at radius 2 is 1.75 bits per heavy atom. The number of benzene rings is 2. The van der Waals surface area contributed by atoms with Crippen LogP contribution in [-0.4, -0.2) is 44.4 Å². The Kier molecular flexibility index (Phi) is 4.41. The van der Waals surface area contributed by atoms with Crippen LogP contribution in [-0.2, 0) is 12.8 Å². The van der Waals surface area contributed by atoms with Gasteiger partial charge in [-0.3, -0.25) is 0 Å². The van der Waals surface area contributed by atoms with Crippen molar-refractivity contribution in [1.29, 1.82) is 0 Å². The summed E-state index contributed by atoms with van der Waals surface area (Å²) in [4.78, 5) is 0. The lowest BCUT2D eigenvalue weighted by molar-refractivity contribution is -0.923. The van der Waals surface area contributed by atoms with E-state index in [2.05, 4.69) is 32.3 Å². The molecule has 0 amide bonds. The molecule has 0 saturated heterocycles. The number of nitrogens with zero attached hydrogens (tertiary/aromatic N) is 1. The number of fused-ring (bicyclic) bond motifs is 1. The van der Waals surface area contributed by atoms with Gasteiger partial charge < -0.3 is 19.1 Å². The molecule has 1 N–H and O–H groups in total. The van der Waals surface area contributed by atoms with E-state index in [9.17, 15) is 5.11 Å². The first-order valence-electron chi connectivity index (χ1n) is 8.30. The first kappa shape index (κ1) is 16.7. The van der Waals surface area contributed by atoms with Gasteiger partial charge in [-0.25, -0.2) is 0 Å². The highest BCUT2D eigenvalue weighted by molar-refractivity contribution is 5.52. The first-order chi connectivity index (χ1) is 11.5. The van der Waals surface area contributed by atoms with Gasteiger partial charge in [0.15, 0.2) is 11.5 Å². The van der Waals surface area contributed by atoms with Crippen molar-refractivity contribution >= 4 is 0 Å². The highest BCUT2D eigenvalue weighted by Crippen LogP contribution is 2.44. The monoisotopic (exact) mass is 328 g/mol. The standard InChI is InChI=1S/C20H25NO3/c1-21(2)12-11-15-7-10-18(24-4)20(22)19(15)17(21)13-14-5-8-16(23-3)9-6-14/h5-10,17H,11-13H2,1-4H3/p+1/t17-/m1/s1. The molecule has 0 unspecified atom stereocenters. The smallest absolute Gasteiger partial charge is 0.167 e. The van der Waals surface area contributed by atoms with E-state index in [4.69, 9.17) is 9.47 Å². The van der Waals surface area contributed by atoms with Gasteiger partial charge in [-0.1, -0.05) is 18.2 Å². The maximum atomic E-state index is 10.7. The van der Waals surface area contributed by atoms with Gasteiger partial charge >= 0.3 is 0 Å². The number of hydrogen-bond acceptors (Lipinski definition) is 3. The van der Waals surface area contributed by atoms with Gasteiger partial charge in [0, 0.05) is 12.8 Å². The number of aromatic hydroxyl groups is 1. The molecule has 24 heavy (non-hydrogen) atoms. The maximum Gasteiger partial charge on any atom is 0.167 e. The van der Waals surface area contributed by atoms with Crippen LogP contribution < -0.4 is 9.47 Å². The zero-order valence-electron chi connectivity index (χ0n) is 14.9. The van der Waals surface area contributed by atoms with Gasteiger partial charge in [-0.2, -0.15) is 0 Å². The fourth-order valence-corrected chi connectivity index (χ4v) is 3.63. The molecule has 2 aromatic carbocycles. The number of likely N-dealkylation sites (N-methyl/N-ethyl adjacent to an activating group) is 1. The Hall–Kier alpha value is -2.20. The lowest BCUT2D eigenvalue weighted by Crippen LogP contribution is -2.48. The summed E-state index contributed by atoms with van der Waals surface area (Å²) in [7, 11) is 7.74. The largest absolute Gasteiger partial charge is 0.504 e. The Balaban J connectivity index is 2.01. The van der Waals surface area contributed by atoms with E-state index in [1.54, 1.807) is 14.2 Å². The molecular formula is C20H26NO3+. The van der Waals surface area contributed by atoms with E-state index in [1.165, 1.54) is 11.1 Å². The molecule has 1 aliphatic rings. The average Bonchev–Trinajstić information content (AvgIpc) is 2.58. The lowest BCUT2D eigenvalue weighted by Gasteiger charge is -2.43. The fourth-order valence-electron chi connectivity index (χ4n) is 3.63. The second-order valence-electron chi connectivity index (χ2n) is 7.01. The molecule has 0 spiro atoms. The zero-order chi connectivity index (χ0) is 17.3. The Morgan fingerprint density at radius 1 is 1.04 bits per heavy atom. The molecule has 0 bridgehead atoms. The summed E-state index contributed by atoms with van der Waals surface area (Å²) in [5, 5.41) is 10.7. The Morgan fingerprint density at radius 3 is 2.38 bits per heavy atom. The van der Waals surface area contributed by atoms with Crippen molar-refractivity contribution in [2.75, 3.05) is 34.9 Å². The van der Waals surface area contributed by atoms with Crippen LogP contribution in [0.4, 0.5) is 0 Å². The predicted octanol–water partition coefficient (Wildman–Crippen LogP) is 3.33. The van der Waals surface area contributed by atoms with Gasteiger partial charge in [-0.05, 0) is 29.3 Å². The quantitative estimate of drug-likeness (QED) is 0.875. The van der Waals surface area contributed by atoms with E-state index in [0.29, 0.717) is 11.5 Å². The minimum absolute atomic E-state index is 0.192. The number of rotatable bonds is 4. The Bertz CT molecular complexity index is 722. The van der Waals surface area contributed by atoms with E-state index >= 15 is 0 Å². The molecule has 4 heteroatoms. The molecular weight excluding hydrogens is 302 g/mol. The van der Waals surface area contributed by atoms with E-state index in [0.717, 1.165) is 35.2 Å². The van der Waals surface area contributed by atoms with Crippen LogP contribution in [0.2, 0.25) is 0 Å². The first-order valence-corrected chi connectivity index (χ1v) is 8.30. The molecule has 0 aromatic heterocycles. The summed E-state index contributed by atoms with van der Waals surface area (Å²) in [6.45, 7) is 1.06. The highest BCUT2D eigenvalue weighted by Gasteiger charge is 2.38. The molecule has 1 heterocycles. The summed E-state index contributed by atoms with van der Waals surface area (Å²) in [6.07, 6.45) is 1.84. The summed E-state index contributed by atoms with van der Waals surface area (Å²) < 4.78 is 11.4. The van der Waals surface area contributed by atoms with E-state index < -0.39 is 0 Å². The van der Waals surface area contributed by atoms with Crippen LogP contribution >= 0.6 is 0 Å². The number of phenols is 1. The van der Waals surface area contributed by atoms with E-state index in [1.807, 2.05) is 18.2 Å². The van der Waals surface area contributed by atoms with Crippen LogP contribution in [0.3, 0.4) is 0 Å². The van der Waals surface area contributed by atoms with E-state index in [-0.39, 0.29) is 6.04 Å². The van der Waals surface area contributed by atoms with Crippen LogP contribution in [0.25, 0.3) is 0 Å². The van der Waals surface area contributed by atoms with Gasteiger partial charge in [0.2, 0.25) is 0 Å². The van der Waals surface area contributed by atoms with Gasteiger partial charge in [-0.15, -0.1) is 0 Å². The van der Waals surface area contributed by atoms with Gasteiger partial charge in [0.1, 0.15) is 11.8 Å². The van der Waals surface area contributed by atoms with Crippen LogP contribution in [0.15, 0.2) is 36.4 Å². The van der Waals surface area contributed by atoms with Crippen molar-refractivity contribution in [2.45, 2.75) is 18.9 Å². The number of quaternary nitrogens is 1. The summed E-state index contributed by atoms with van der Waals surface area (Å²) >= 11 is 0. The molecule has 1 atom stereocenters. The van der Waals surface area contributed by atoms with Crippen LogP contribution in [0.1, 0.15) is 22.7 Å². The summed E-state index contributed by atoms with van der Waals surface area (Å²) in [6, 6.07) is 12.3. The number of methoxy groups -OCH3 is 2. The number of phenolic OH excluding ortho intramolecular Hbond substituents is 1. The molecule has 0 aliphatic carbocycles. The van der Waals surface area contributed by atoms with Crippen molar-refractivity contribution < 1.29 is 19.1 Å². The van der Waals surface area contributed by atoms with Crippen LogP contribution in [0.5, 0.6) is 17.2 Å². The molecule has 128 valence electrons. The molecule has 1 aliphatic heterocycles. The SMILES string of the molecule is COc1ccc(C[C@@H]2c3c(ccc(OC)c3O)CC[N+]2(C)C)cc1. The van der Waals surface area contributed by atoms with Crippen molar-refractivity contribution in [2.24, 2.45) is 0 Å². The van der Waals surface area contributed by atoms with Crippen molar-refractivity contribution in [3.05, 3.63) is 53.1 Å². The van der Waals surface area contributed by atoms with Crippen LogP contribution in [0, 0.1) is 0 Å². The molecule has 0 fully saturated rings. The van der Waals surface area contributed by atoms with Gasteiger partial charge in [0.25, 0.3) is 0 Å². The third-order valence-corrected chi connectivity index (χ3v) is 5.21. The summed E-state index contributed by atoms with van der Waals surface area (Å²) in [5.74, 6) is 1.70. The molecule has 3 rings (SSSR count). The molecule has 4 nitrogen and oxygen atoms in total. The molecule has 0 radical (unpaired) electrons. The average molecular weight is 328 g/mol. The minimum atomic E-state index is 0.192. The summed E-state index contributed by atoms with van der Waals surface area (Å²) in [5.41, 5.74) is 3.49. The number of hydrogen-bond donors (Lipinski definition) is 1. The second-order valence-corrected chi connectivity index (χ2v) is 7.01. The number of ether oxygens (including phenoxy) is 2. The Labute approximate surface area is 143 Å². The molecule has 2 aromatic rings. The highest BCUT2D eigenvalue weighted by atomic mass is 16.5. The van der Waals surface area contributed by atoms with Crippen molar-refractivity contribution in [3.8, 4) is 17.2 Å². The van der Waals surface area contributed by atoms with Crippen molar-refractivity contribution in [3.63, 3.8) is 0 Å². The lowest BCUT2D eigenvalue weighted by atomic mass is 9.86. The fraction of sp³-hybridized carbons (Fsp3) is 0.400. The topological polar surface area (TPSA) is 38.7 Å². The third-order valence-electron chi connectivity index (χ3n) is 5.21. The molecule has 0 saturated carbocycles. The zero-order valence-corrected chi connectivity index (χ0v) is 14.9. The van der Waals surface area contributed by atoms with Crippen molar-refractivity contribution in [1.82, 2.24) is 0 Å². The second kappa shape index (κ2) is 6.36. The third kappa shape index (κ3) is 2.94.